The number of piperazine rings is 1. The number of carbonyl (C=O) groups is 1. The summed E-state index contributed by atoms with van der Waals surface area (Å²) in [5.41, 5.74) is 0.571. The molecule has 6 nitrogen and oxygen atoms in total. The Balaban J connectivity index is 1.89. The molecule has 6 heteroatoms. The molecule has 1 N–H and O–H groups in total. The van der Waals surface area contributed by atoms with E-state index in [0.717, 1.165) is 32.0 Å². The molecule has 0 unspecified atom stereocenters. The van der Waals surface area contributed by atoms with Gasteiger partial charge in [-0.05, 0) is 12.1 Å². The summed E-state index contributed by atoms with van der Waals surface area (Å²) in [5.74, 6) is 0.934. The first-order chi connectivity index (χ1) is 9.22. The topological polar surface area (TPSA) is 72.3 Å². The standard InChI is InChI=1S/C13H17N5O/c1-15-13(19)10-17-4-6-18(7-5-17)12-3-2-11(8-14)9-16-12/h2-3,9H,4-7,10H2,1H3,(H,15,19). The van der Waals surface area contributed by atoms with Crippen molar-refractivity contribution in [3.05, 3.63) is 23.9 Å². The molecule has 0 aromatic carbocycles. The van der Waals surface area contributed by atoms with E-state index < -0.39 is 0 Å². The number of aromatic nitrogens is 1. The number of hydrogen-bond donors (Lipinski definition) is 1. The number of amides is 1. The Morgan fingerprint density at radius 1 is 1.42 bits per heavy atom. The average Bonchev–Trinajstić information content (AvgIpc) is 2.48. The lowest BCUT2D eigenvalue weighted by molar-refractivity contribution is -0.121. The Bertz CT molecular complexity index is 471. The molecule has 0 bridgehead atoms. The smallest absolute Gasteiger partial charge is 0.233 e. The van der Waals surface area contributed by atoms with E-state index >= 15 is 0 Å². The van der Waals surface area contributed by atoms with E-state index in [-0.39, 0.29) is 5.91 Å². The highest BCUT2D eigenvalue weighted by Crippen LogP contribution is 2.13. The fourth-order valence-electron chi connectivity index (χ4n) is 2.06. The summed E-state index contributed by atoms with van der Waals surface area (Å²) in [6.07, 6.45) is 1.59. The van der Waals surface area contributed by atoms with Gasteiger partial charge in [0.15, 0.2) is 0 Å². The highest BCUT2D eigenvalue weighted by molar-refractivity contribution is 5.77. The van der Waals surface area contributed by atoms with Crippen LogP contribution in [0.4, 0.5) is 5.82 Å². The number of nitriles is 1. The third-order valence-electron chi connectivity index (χ3n) is 3.22. The molecular formula is C13H17N5O. The molecule has 1 fully saturated rings. The van der Waals surface area contributed by atoms with Crippen molar-refractivity contribution in [1.29, 1.82) is 5.26 Å². The van der Waals surface area contributed by atoms with Gasteiger partial charge < -0.3 is 10.2 Å². The van der Waals surface area contributed by atoms with Gasteiger partial charge in [-0.2, -0.15) is 5.26 Å². The Kier molecular flexibility index (Phi) is 4.31. The van der Waals surface area contributed by atoms with E-state index in [1.807, 2.05) is 6.07 Å². The third-order valence-corrected chi connectivity index (χ3v) is 3.22. The first kappa shape index (κ1) is 13.3. The zero-order valence-electron chi connectivity index (χ0n) is 11.0. The number of carbonyl (C=O) groups excluding carboxylic acids is 1. The van der Waals surface area contributed by atoms with Gasteiger partial charge in [-0.3, -0.25) is 9.69 Å². The maximum atomic E-state index is 11.3. The van der Waals surface area contributed by atoms with E-state index in [9.17, 15) is 4.79 Å². The fourth-order valence-corrected chi connectivity index (χ4v) is 2.06. The van der Waals surface area contributed by atoms with Crippen LogP contribution in [0.5, 0.6) is 0 Å². The third kappa shape index (κ3) is 3.42. The van der Waals surface area contributed by atoms with Gasteiger partial charge in [-0.1, -0.05) is 0 Å². The van der Waals surface area contributed by atoms with Crippen LogP contribution in [0.25, 0.3) is 0 Å². The summed E-state index contributed by atoms with van der Waals surface area (Å²) in [7, 11) is 1.65. The molecule has 2 rings (SSSR count). The normalized spacial score (nSPS) is 15.9. The maximum absolute atomic E-state index is 11.3. The summed E-state index contributed by atoms with van der Waals surface area (Å²) >= 11 is 0. The molecule has 1 aromatic heterocycles. The average molecular weight is 259 g/mol. The summed E-state index contributed by atoms with van der Waals surface area (Å²) in [5, 5.41) is 11.4. The number of hydrogen-bond acceptors (Lipinski definition) is 5. The number of anilines is 1. The van der Waals surface area contributed by atoms with Gasteiger partial charge >= 0.3 is 0 Å². The molecule has 1 amide bonds. The molecule has 0 radical (unpaired) electrons. The monoisotopic (exact) mass is 259 g/mol. The molecule has 0 spiro atoms. The van der Waals surface area contributed by atoms with Crippen molar-refractivity contribution in [2.45, 2.75) is 0 Å². The van der Waals surface area contributed by atoms with Crippen molar-refractivity contribution in [2.24, 2.45) is 0 Å². The van der Waals surface area contributed by atoms with Crippen molar-refractivity contribution < 1.29 is 4.79 Å². The number of rotatable bonds is 3. The fraction of sp³-hybridized carbons (Fsp3) is 0.462. The van der Waals surface area contributed by atoms with Crippen LogP contribution in [0.15, 0.2) is 18.3 Å². The molecule has 1 aliphatic heterocycles. The van der Waals surface area contributed by atoms with Gasteiger partial charge in [-0.25, -0.2) is 4.98 Å². The minimum Gasteiger partial charge on any atom is -0.358 e. The molecule has 0 aliphatic carbocycles. The zero-order valence-corrected chi connectivity index (χ0v) is 11.0. The van der Waals surface area contributed by atoms with E-state index in [0.29, 0.717) is 12.1 Å². The van der Waals surface area contributed by atoms with Gasteiger partial charge in [0.05, 0.1) is 12.1 Å². The quantitative estimate of drug-likeness (QED) is 0.815. The lowest BCUT2D eigenvalue weighted by Crippen LogP contribution is -2.49. The van der Waals surface area contributed by atoms with Gasteiger partial charge in [0, 0.05) is 39.4 Å². The van der Waals surface area contributed by atoms with E-state index in [1.165, 1.54) is 0 Å². The van der Waals surface area contributed by atoms with Crippen LogP contribution in [0.3, 0.4) is 0 Å². The number of pyridine rings is 1. The molecule has 1 aliphatic rings. The Morgan fingerprint density at radius 3 is 2.68 bits per heavy atom. The van der Waals surface area contributed by atoms with Crippen LogP contribution in [-0.2, 0) is 4.79 Å². The van der Waals surface area contributed by atoms with Crippen molar-refractivity contribution in [2.75, 3.05) is 44.7 Å². The Hall–Kier alpha value is -2.13. The summed E-state index contributed by atoms with van der Waals surface area (Å²) in [6.45, 7) is 3.82. The van der Waals surface area contributed by atoms with Gasteiger partial charge in [0.2, 0.25) is 5.91 Å². The van der Waals surface area contributed by atoms with Crippen LogP contribution >= 0.6 is 0 Å². The second-order valence-electron chi connectivity index (χ2n) is 4.45. The van der Waals surface area contributed by atoms with E-state index in [1.54, 1.807) is 19.3 Å². The molecule has 0 saturated carbocycles. The molecule has 19 heavy (non-hydrogen) atoms. The highest BCUT2D eigenvalue weighted by Gasteiger charge is 2.19. The first-order valence-electron chi connectivity index (χ1n) is 6.27. The first-order valence-corrected chi connectivity index (χ1v) is 6.27. The molecule has 1 saturated heterocycles. The van der Waals surface area contributed by atoms with Crippen LogP contribution in [0.1, 0.15) is 5.56 Å². The molecule has 1 aromatic rings. The Labute approximate surface area is 112 Å². The minimum atomic E-state index is 0.0462. The molecule has 100 valence electrons. The van der Waals surface area contributed by atoms with E-state index in [4.69, 9.17) is 5.26 Å². The van der Waals surface area contributed by atoms with Crippen LogP contribution < -0.4 is 10.2 Å². The van der Waals surface area contributed by atoms with Crippen LogP contribution in [-0.4, -0.2) is 55.6 Å². The summed E-state index contributed by atoms with van der Waals surface area (Å²) in [4.78, 5) is 19.9. The predicted octanol–water partition coefficient (Wildman–Crippen LogP) is -0.179. The summed E-state index contributed by atoms with van der Waals surface area (Å²) in [6, 6.07) is 5.70. The second kappa shape index (κ2) is 6.16. The lowest BCUT2D eigenvalue weighted by atomic mass is 10.2. The van der Waals surface area contributed by atoms with Gasteiger partial charge in [0.1, 0.15) is 11.9 Å². The second-order valence-corrected chi connectivity index (χ2v) is 4.45. The molecular weight excluding hydrogens is 242 g/mol. The van der Waals surface area contributed by atoms with Crippen LogP contribution in [0.2, 0.25) is 0 Å². The summed E-state index contributed by atoms with van der Waals surface area (Å²) < 4.78 is 0. The van der Waals surface area contributed by atoms with Crippen LogP contribution in [0, 0.1) is 11.3 Å². The molecule has 2 heterocycles. The predicted molar refractivity (Wildman–Crippen MR) is 71.7 cm³/mol. The zero-order chi connectivity index (χ0) is 13.7. The largest absolute Gasteiger partial charge is 0.358 e. The van der Waals surface area contributed by atoms with E-state index in [2.05, 4.69) is 26.2 Å². The minimum absolute atomic E-state index is 0.0462. The van der Waals surface area contributed by atoms with Crippen molar-refractivity contribution in [1.82, 2.24) is 15.2 Å². The number of nitrogens with zero attached hydrogens (tertiary/aromatic N) is 4. The van der Waals surface area contributed by atoms with Crippen molar-refractivity contribution >= 4 is 11.7 Å². The SMILES string of the molecule is CNC(=O)CN1CCN(c2ccc(C#N)cn2)CC1. The number of likely N-dealkylation sites (N-methyl/N-ethyl adjacent to an activating group) is 1. The number of nitrogens with one attached hydrogen (secondary N) is 1. The van der Waals surface area contributed by atoms with Crippen molar-refractivity contribution in [3.8, 4) is 6.07 Å². The van der Waals surface area contributed by atoms with Crippen molar-refractivity contribution in [3.63, 3.8) is 0 Å². The van der Waals surface area contributed by atoms with Gasteiger partial charge in [-0.15, -0.1) is 0 Å². The lowest BCUT2D eigenvalue weighted by Gasteiger charge is -2.34. The maximum Gasteiger partial charge on any atom is 0.233 e. The highest BCUT2D eigenvalue weighted by atomic mass is 16.1. The Morgan fingerprint density at radius 2 is 2.16 bits per heavy atom. The van der Waals surface area contributed by atoms with Gasteiger partial charge in [0.25, 0.3) is 0 Å². The molecule has 0 atom stereocenters.